The van der Waals surface area contributed by atoms with Gasteiger partial charge >= 0.3 is 59.1 Å². The van der Waals surface area contributed by atoms with Gasteiger partial charge in [0, 0.05) is 0 Å². The van der Waals surface area contributed by atoms with E-state index < -0.39 is 8.38 Å². The van der Waals surface area contributed by atoms with Gasteiger partial charge in [-0.15, -0.1) is 0 Å². The number of hydrogen-bond acceptors (Lipinski definition) is 2. The van der Waals surface area contributed by atoms with Gasteiger partial charge in [-0.3, -0.25) is 0 Å². The fraction of sp³-hybridized carbons (Fsp3) is 1.00. The summed E-state index contributed by atoms with van der Waals surface area (Å²) in [6.45, 7) is 3.76. The monoisotopic (exact) mass is 166 g/mol. The van der Waals surface area contributed by atoms with Gasteiger partial charge in [0.05, 0.1) is 0 Å². The molecular weight excluding hydrogens is 157 g/mol. The first-order valence-corrected chi connectivity index (χ1v) is 3.61. The van der Waals surface area contributed by atoms with Gasteiger partial charge < -0.3 is 18.2 Å². The molecule has 0 aliphatic heterocycles. The van der Waals surface area contributed by atoms with Crippen LogP contribution in [0.3, 0.4) is 0 Å². The van der Waals surface area contributed by atoms with E-state index in [-0.39, 0.29) is 65.0 Å². The molecular formula is C4H9Na2O2P. The van der Waals surface area contributed by atoms with Crippen LogP contribution in [0.4, 0.5) is 0 Å². The molecule has 0 bridgehead atoms. The Bertz CT molecular complexity index is 45.8. The minimum Gasteiger partial charge on any atom is -0.842 e. The van der Waals surface area contributed by atoms with Gasteiger partial charge in [-0.1, -0.05) is 20.0 Å². The molecule has 44 valence electrons. The minimum atomic E-state index is -2.14. The molecule has 0 atom stereocenters. The third-order valence-corrected chi connectivity index (χ3v) is 1.54. The number of hydrogen-bond donors (Lipinski definition) is 0. The molecule has 0 aliphatic carbocycles. The Labute approximate surface area is 102 Å². The van der Waals surface area contributed by atoms with Crippen molar-refractivity contribution in [3.8, 4) is 0 Å². The summed E-state index contributed by atoms with van der Waals surface area (Å²) < 4.78 is 0. The molecule has 5 heteroatoms. The molecule has 0 spiro atoms. The van der Waals surface area contributed by atoms with Crippen LogP contribution in [0, 0.1) is 5.92 Å². The second-order valence-corrected chi connectivity index (χ2v) is 2.94. The molecule has 0 N–H and O–H groups in total. The van der Waals surface area contributed by atoms with Crippen LogP contribution >= 0.6 is 8.38 Å². The van der Waals surface area contributed by atoms with E-state index in [4.69, 9.17) is 0 Å². The predicted molar refractivity (Wildman–Crippen MR) is 26.6 cm³/mol. The fourth-order valence-corrected chi connectivity index (χ4v) is 0.894. The van der Waals surface area contributed by atoms with Gasteiger partial charge in [0.15, 0.2) is 0 Å². The third kappa shape index (κ3) is 17.9. The van der Waals surface area contributed by atoms with E-state index in [1.165, 1.54) is 0 Å². The summed E-state index contributed by atoms with van der Waals surface area (Å²) in [5, 5.41) is 0. The van der Waals surface area contributed by atoms with Gasteiger partial charge in [0.1, 0.15) is 0 Å². The molecule has 9 heavy (non-hydrogen) atoms. The Balaban J connectivity index is -0.000000180. The molecule has 0 aromatic carbocycles. The van der Waals surface area contributed by atoms with Crippen LogP contribution in [0.25, 0.3) is 0 Å². The summed E-state index contributed by atoms with van der Waals surface area (Å²) in [5.41, 5.74) is 0. The minimum absolute atomic E-state index is 0. The average Bonchev–Trinajstić information content (AvgIpc) is 1.27. The van der Waals surface area contributed by atoms with E-state index in [0.29, 0.717) is 6.16 Å². The van der Waals surface area contributed by atoms with Crippen LogP contribution in [-0.4, -0.2) is 6.16 Å². The summed E-state index contributed by atoms with van der Waals surface area (Å²) in [6, 6.07) is 0. The summed E-state index contributed by atoms with van der Waals surface area (Å²) in [6.07, 6.45) is 0.315. The van der Waals surface area contributed by atoms with Crippen molar-refractivity contribution in [2.24, 2.45) is 5.92 Å². The first-order valence-electron chi connectivity index (χ1n) is 2.24. The molecule has 0 aromatic heterocycles. The van der Waals surface area contributed by atoms with E-state index in [1.807, 2.05) is 13.8 Å². The predicted octanol–water partition coefficient (Wildman–Crippen LogP) is -6.32. The van der Waals surface area contributed by atoms with Crippen LogP contribution in [-0.2, 0) is 0 Å². The van der Waals surface area contributed by atoms with E-state index in [2.05, 4.69) is 0 Å². The molecule has 0 aliphatic rings. The van der Waals surface area contributed by atoms with Crippen molar-refractivity contribution in [2.45, 2.75) is 13.8 Å². The van der Waals surface area contributed by atoms with E-state index in [1.54, 1.807) is 0 Å². The topological polar surface area (TPSA) is 46.1 Å². The SMILES string of the molecule is CC(C)CP([O-])[O-].[Na+].[Na+]. The summed E-state index contributed by atoms with van der Waals surface area (Å²) in [5.74, 6) is 0.279. The molecule has 0 heterocycles. The zero-order valence-corrected chi connectivity index (χ0v) is 11.4. The Morgan fingerprint density at radius 1 is 1.22 bits per heavy atom. The van der Waals surface area contributed by atoms with Crippen molar-refractivity contribution in [1.82, 2.24) is 0 Å². The fourth-order valence-electron chi connectivity index (χ4n) is 0.298. The van der Waals surface area contributed by atoms with E-state index >= 15 is 0 Å². The summed E-state index contributed by atoms with van der Waals surface area (Å²) >= 11 is 0. The molecule has 0 radical (unpaired) electrons. The standard InChI is InChI=1S/C4H9O2P.2Na/c1-4(2)3-7(5)6;;/h4H,3H2,1-2H3;;/q-2;2*+1. The van der Waals surface area contributed by atoms with Crippen molar-refractivity contribution in [3.05, 3.63) is 0 Å². The molecule has 0 aromatic rings. The maximum absolute atomic E-state index is 9.85. The van der Waals surface area contributed by atoms with Crippen LogP contribution in [0.5, 0.6) is 0 Å². The zero-order valence-electron chi connectivity index (χ0n) is 6.55. The Hall–Kier alpha value is 2.35. The summed E-state index contributed by atoms with van der Waals surface area (Å²) in [7, 11) is -2.14. The van der Waals surface area contributed by atoms with Gasteiger partial charge in [-0.2, -0.15) is 0 Å². The first kappa shape index (κ1) is 17.4. The smallest absolute Gasteiger partial charge is 0.842 e. The molecule has 2 nitrogen and oxygen atoms in total. The average molecular weight is 166 g/mol. The van der Waals surface area contributed by atoms with Crippen LogP contribution < -0.4 is 68.9 Å². The van der Waals surface area contributed by atoms with Crippen molar-refractivity contribution in [3.63, 3.8) is 0 Å². The van der Waals surface area contributed by atoms with Crippen molar-refractivity contribution in [1.29, 1.82) is 0 Å². The maximum atomic E-state index is 9.85. The normalized spacial score (nSPS) is 8.67. The first-order chi connectivity index (χ1) is 3.13. The van der Waals surface area contributed by atoms with Crippen LogP contribution in [0.2, 0.25) is 0 Å². The van der Waals surface area contributed by atoms with Crippen molar-refractivity contribution in [2.75, 3.05) is 6.16 Å². The molecule has 0 saturated heterocycles. The molecule has 0 fully saturated rings. The largest absolute Gasteiger partial charge is 1.00 e. The Morgan fingerprint density at radius 2 is 1.56 bits per heavy atom. The van der Waals surface area contributed by atoms with E-state index in [9.17, 15) is 9.79 Å². The zero-order chi connectivity index (χ0) is 5.86. The molecule has 0 saturated carbocycles. The van der Waals surface area contributed by atoms with Gasteiger partial charge in [0.2, 0.25) is 0 Å². The van der Waals surface area contributed by atoms with Crippen LogP contribution in [0.15, 0.2) is 0 Å². The third-order valence-electron chi connectivity index (χ3n) is 0.514. The quantitative estimate of drug-likeness (QED) is 0.302. The molecule has 0 unspecified atom stereocenters. The van der Waals surface area contributed by atoms with Crippen molar-refractivity contribution < 1.29 is 68.9 Å². The Morgan fingerprint density at radius 3 is 1.56 bits per heavy atom. The second kappa shape index (κ2) is 10.3. The molecule has 0 amide bonds. The molecule has 0 rings (SSSR count). The summed E-state index contributed by atoms with van der Waals surface area (Å²) in [4.78, 5) is 19.7. The number of rotatable bonds is 2. The Kier molecular flexibility index (Phi) is 20.1. The van der Waals surface area contributed by atoms with Crippen molar-refractivity contribution >= 4 is 8.38 Å². The van der Waals surface area contributed by atoms with Gasteiger partial charge in [-0.05, 0) is 5.92 Å². The van der Waals surface area contributed by atoms with Gasteiger partial charge in [-0.25, -0.2) is 0 Å². The van der Waals surface area contributed by atoms with Gasteiger partial charge in [0.25, 0.3) is 0 Å². The maximum Gasteiger partial charge on any atom is 1.00 e. The van der Waals surface area contributed by atoms with E-state index in [0.717, 1.165) is 0 Å². The van der Waals surface area contributed by atoms with Crippen LogP contribution in [0.1, 0.15) is 13.8 Å². The second-order valence-electron chi connectivity index (χ2n) is 1.91.